The molecule has 1 aromatic heterocycles. The SMILES string of the molecule is CNCc1ccc(Oc2ccccc2Cl)nn1. The van der Waals surface area contributed by atoms with E-state index in [4.69, 9.17) is 16.3 Å². The second-order valence-corrected chi connectivity index (χ2v) is 3.83. The number of para-hydroxylation sites is 1. The van der Waals surface area contributed by atoms with Crippen molar-refractivity contribution < 1.29 is 4.74 Å². The molecule has 17 heavy (non-hydrogen) atoms. The summed E-state index contributed by atoms with van der Waals surface area (Å²) in [5, 5.41) is 11.5. The molecule has 5 heteroatoms. The number of rotatable bonds is 4. The van der Waals surface area contributed by atoms with E-state index in [1.54, 1.807) is 18.2 Å². The van der Waals surface area contributed by atoms with Crippen LogP contribution in [0.4, 0.5) is 0 Å². The van der Waals surface area contributed by atoms with E-state index in [2.05, 4.69) is 15.5 Å². The van der Waals surface area contributed by atoms with Crippen LogP contribution in [0.3, 0.4) is 0 Å². The van der Waals surface area contributed by atoms with Crippen LogP contribution in [0.5, 0.6) is 11.6 Å². The van der Waals surface area contributed by atoms with Gasteiger partial charge >= 0.3 is 0 Å². The Bertz CT molecular complexity index is 487. The molecule has 1 N–H and O–H groups in total. The second kappa shape index (κ2) is 5.61. The molecule has 0 spiro atoms. The number of benzene rings is 1. The summed E-state index contributed by atoms with van der Waals surface area (Å²) in [6.45, 7) is 0.680. The fourth-order valence-corrected chi connectivity index (χ4v) is 1.49. The highest BCUT2D eigenvalue weighted by atomic mass is 35.5. The maximum Gasteiger partial charge on any atom is 0.238 e. The maximum atomic E-state index is 5.97. The first-order valence-corrected chi connectivity index (χ1v) is 5.57. The predicted molar refractivity (Wildman–Crippen MR) is 66.3 cm³/mol. The molecule has 4 nitrogen and oxygen atoms in total. The maximum absolute atomic E-state index is 5.97. The molecule has 88 valence electrons. The second-order valence-electron chi connectivity index (χ2n) is 3.43. The van der Waals surface area contributed by atoms with Gasteiger partial charge in [0, 0.05) is 12.6 Å². The Kier molecular flexibility index (Phi) is 3.90. The first kappa shape index (κ1) is 11.8. The molecule has 0 aliphatic carbocycles. The third kappa shape index (κ3) is 3.15. The van der Waals surface area contributed by atoms with Gasteiger partial charge in [-0.15, -0.1) is 5.10 Å². The van der Waals surface area contributed by atoms with Crippen LogP contribution in [-0.4, -0.2) is 17.2 Å². The molecule has 2 aromatic rings. The molecule has 0 bridgehead atoms. The molecule has 0 aliphatic heterocycles. The summed E-state index contributed by atoms with van der Waals surface area (Å²) >= 11 is 5.97. The van der Waals surface area contributed by atoms with Gasteiger partial charge in [-0.3, -0.25) is 0 Å². The van der Waals surface area contributed by atoms with E-state index in [1.807, 2.05) is 25.2 Å². The Labute approximate surface area is 105 Å². The van der Waals surface area contributed by atoms with Gasteiger partial charge in [0.05, 0.1) is 10.7 Å². The molecule has 0 amide bonds. The average molecular weight is 250 g/mol. The van der Waals surface area contributed by atoms with Crippen molar-refractivity contribution in [3.8, 4) is 11.6 Å². The lowest BCUT2D eigenvalue weighted by Crippen LogP contribution is -2.07. The Morgan fingerprint density at radius 1 is 1.18 bits per heavy atom. The standard InChI is InChI=1S/C12H12ClN3O/c1-14-8-9-6-7-12(16-15-9)17-11-5-3-2-4-10(11)13/h2-7,14H,8H2,1H3. The Morgan fingerprint density at radius 3 is 2.65 bits per heavy atom. The summed E-state index contributed by atoms with van der Waals surface area (Å²) < 4.78 is 5.52. The van der Waals surface area contributed by atoms with Gasteiger partial charge in [-0.05, 0) is 25.2 Å². The molecule has 2 rings (SSSR count). The highest BCUT2D eigenvalue weighted by molar-refractivity contribution is 6.32. The van der Waals surface area contributed by atoms with Crippen molar-refractivity contribution in [2.75, 3.05) is 7.05 Å². The zero-order valence-electron chi connectivity index (χ0n) is 9.35. The zero-order valence-corrected chi connectivity index (χ0v) is 10.1. The summed E-state index contributed by atoms with van der Waals surface area (Å²) in [4.78, 5) is 0. The minimum Gasteiger partial charge on any atom is -0.436 e. The summed E-state index contributed by atoms with van der Waals surface area (Å²) in [5.41, 5.74) is 0.860. The molecule has 0 fully saturated rings. The van der Waals surface area contributed by atoms with Crippen molar-refractivity contribution in [2.24, 2.45) is 0 Å². The van der Waals surface area contributed by atoms with E-state index in [-0.39, 0.29) is 0 Å². The van der Waals surface area contributed by atoms with Crippen LogP contribution in [-0.2, 0) is 6.54 Å². The first-order valence-electron chi connectivity index (χ1n) is 5.19. The number of hydrogen-bond donors (Lipinski definition) is 1. The van der Waals surface area contributed by atoms with Gasteiger partial charge in [0.25, 0.3) is 0 Å². The molecule has 0 unspecified atom stereocenters. The van der Waals surface area contributed by atoms with Gasteiger partial charge in [-0.1, -0.05) is 23.7 Å². The number of nitrogens with zero attached hydrogens (tertiary/aromatic N) is 2. The lowest BCUT2D eigenvalue weighted by molar-refractivity contribution is 0.453. The third-order valence-corrected chi connectivity index (χ3v) is 2.42. The number of halogens is 1. The van der Waals surface area contributed by atoms with Crippen LogP contribution in [0.25, 0.3) is 0 Å². The normalized spacial score (nSPS) is 10.2. The van der Waals surface area contributed by atoms with Crippen molar-refractivity contribution >= 4 is 11.6 Å². The summed E-state index contributed by atoms with van der Waals surface area (Å²) in [6, 6.07) is 10.9. The van der Waals surface area contributed by atoms with Gasteiger partial charge in [0.15, 0.2) is 0 Å². The van der Waals surface area contributed by atoms with E-state index in [0.717, 1.165) is 5.69 Å². The number of aromatic nitrogens is 2. The van der Waals surface area contributed by atoms with Crippen LogP contribution < -0.4 is 10.1 Å². The molecule has 0 saturated carbocycles. The first-order chi connectivity index (χ1) is 8.29. The van der Waals surface area contributed by atoms with E-state index < -0.39 is 0 Å². The quantitative estimate of drug-likeness (QED) is 0.905. The van der Waals surface area contributed by atoms with Crippen molar-refractivity contribution in [1.29, 1.82) is 0 Å². The highest BCUT2D eigenvalue weighted by Crippen LogP contribution is 2.27. The molecular formula is C12H12ClN3O. The van der Waals surface area contributed by atoms with Gasteiger partial charge in [-0.2, -0.15) is 5.10 Å². The van der Waals surface area contributed by atoms with Gasteiger partial charge < -0.3 is 10.1 Å². The number of nitrogens with one attached hydrogen (secondary N) is 1. The van der Waals surface area contributed by atoms with Crippen LogP contribution in [0.15, 0.2) is 36.4 Å². The Morgan fingerprint density at radius 2 is 2.00 bits per heavy atom. The van der Waals surface area contributed by atoms with Crippen molar-refractivity contribution in [3.05, 3.63) is 47.1 Å². The largest absolute Gasteiger partial charge is 0.436 e. The van der Waals surface area contributed by atoms with Crippen molar-refractivity contribution in [3.63, 3.8) is 0 Å². The van der Waals surface area contributed by atoms with E-state index >= 15 is 0 Å². The summed E-state index contributed by atoms with van der Waals surface area (Å²) in [6.07, 6.45) is 0. The molecule has 0 atom stereocenters. The third-order valence-electron chi connectivity index (χ3n) is 2.10. The fourth-order valence-electron chi connectivity index (χ4n) is 1.32. The topological polar surface area (TPSA) is 47.0 Å². The summed E-state index contributed by atoms with van der Waals surface area (Å²) in [7, 11) is 1.86. The smallest absolute Gasteiger partial charge is 0.238 e. The molecule has 0 aliphatic rings. The van der Waals surface area contributed by atoms with Gasteiger partial charge in [0.2, 0.25) is 5.88 Å². The molecule has 1 heterocycles. The Balaban J connectivity index is 2.11. The molecule has 1 aromatic carbocycles. The predicted octanol–water partition coefficient (Wildman–Crippen LogP) is 2.64. The van der Waals surface area contributed by atoms with Crippen LogP contribution >= 0.6 is 11.6 Å². The zero-order chi connectivity index (χ0) is 12.1. The monoisotopic (exact) mass is 249 g/mol. The lowest BCUT2D eigenvalue weighted by atomic mass is 10.3. The lowest BCUT2D eigenvalue weighted by Gasteiger charge is -2.05. The highest BCUT2D eigenvalue weighted by Gasteiger charge is 2.03. The van der Waals surface area contributed by atoms with Gasteiger partial charge in [-0.25, -0.2) is 0 Å². The molecule has 0 saturated heterocycles. The minimum absolute atomic E-state index is 0.429. The van der Waals surface area contributed by atoms with E-state index in [1.165, 1.54) is 0 Å². The van der Waals surface area contributed by atoms with Crippen molar-refractivity contribution in [1.82, 2.24) is 15.5 Å². The van der Waals surface area contributed by atoms with Crippen LogP contribution in [0.2, 0.25) is 5.02 Å². The summed E-state index contributed by atoms with van der Waals surface area (Å²) in [5.74, 6) is 1.00. The molecule has 0 radical (unpaired) electrons. The number of hydrogen-bond acceptors (Lipinski definition) is 4. The average Bonchev–Trinajstić information content (AvgIpc) is 2.35. The molecular weight excluding hydrogens is 238 g/mol. The van der Waals surface area contributed by atoms with Crippen LogP contribution in [0, 0.1) is 0 Å². The van der Waals surface area contributed by atoms with E-state index in [0.29, 0.717) is 23.2 Å². The Hall–Kier alpha value is -1.65. The fraction of sp³-hybridized carbons (Fsp3) is 0.167. The van der Waals surface area contributed by atoms with Gasteiger partial charge in [0.1, 0.15) is 5.75 Å². The minimum atomic E-state index is 0.429. The van der Waals surface area contributed by atoms with E-state index in [9.17, 15) is 0 Å². The van der Waals surface area contributed by atoms with Crippen LogP contribution in [0.1, 0.15) is 5.69 Å². The number of ether oxygens (including phenoxy) is 1. The van der Waals surface area contributed by atoms with Crippen molar-refractivity contribution in [2.45, 2.75) is 6.54 Å².